The molecule has 0 bridgehead atoms. The minimum atomic E-state index is 0.300. The van der Waals surface area contributed by atoms with Gasteiger partial charge in [-0.25, -0.2) is 0 Å². The number of rotatable bonds is 8. The van der Waals surface area contributed by atoms with Gasteiger partial charge in [0.1, 0.15) is 5.84 Å². The summed E-state index contributed by atoms with van der Waals surface area (Å²) in [6.45, 7) is 4.97. The zero-order chi connectivity index (χ0) is 20.5. The zero-order valence-electron chi connectivity index (χ0n) is 16.5. The van der Waals surface area contributed by atoms with Crippen molar-refractivity contribution in [3.63, 3.8) is 0 Å². The molecule has 1 atom stereocenters. The molecule has 5 heteroatoms. The topological polar surface area (TPSA) is 90.4 Å². The zero-order valence-corrected chi connectivity index (χ0v) is 17.3. The molecule has 148 valence electrons. The Labute approximate surface area is 172 Å². The fourth-order valence-electron chi connectivity index (χ4n) is 2.70. The van der Waals surface area contributed by atoms with E-state index in [1.54, 1.807) is 0 Å². The normalized spacial score (nSPS) is 14.9. The first kappa shape index (κ1) is 21.6. The average Bonchev–Trinajstić information content (AvgIpc) is 2.74. The molecule has 2 aromatic rings. The Balaban J connectivity index is 2.52. The maximum atomic E-state index is 6.70. The SMILES string of the molecule is CCC(C)CCN=C(N)C(=C(N)c1ccccc1)/C(Cl)=C(\N)c1ccccc1. The van der Waals surface area contributed by atoms with Crippen LogP contribution in [-0.4, -0.2) is 12.4 Å². The maximum Gasteiger partial charge on any atom is 0.129 e. The quantitative estimate of drug-likeness (QED) is 0.342. The lowest BCUT2D eigenvalue weighted by Crippen LogP contribution is -2.21. The lowest BCUT2D eigenvalue weighted by atomic mass is 10.0. The van der Waals surface area contributed by atoms with Crippen LogP contribution in [0.25, 0.3) is 11.4 Å². The largest absolute Gasteiger partial charge is 0.398 e. The third-order valence-electron chi connectivity index (χ3n) is 4.75. The molecule has 4 nitrogen and oxygen atoms in total. The van der Waals surface area contributed by atoms with Gasteiger partial charge in [0.2, 0.25) is 0 Å². The van der Waals surface area contributed by atoms with E-state index in [2.05, 4.69) is 18.8 Å². The number of hydrogen-bond acceptors (Lipinski definition) is 3. The molecule has 1 unspecified atom stereocenters. The molecule has 0 saturated carbocycles. The van der Waals surface area contributed by atoms with Crippen LogP contribution in [-0.2, 0) is 0 Å². The highest BCUT2D eigenvalue weighted by molar-refractivity contribution is 6.39. The first-order valence-electron chi connectivity index (χ1n) is 9.52. The maximum absolute atomic E-state index is 6.70. The molecule has 0 aromatic heterocycles. The molecule has 0 radical (unpaired) electrons. The van der Waals surface area contributed by atoms with E-state index < -0.39 is 0 Å². The summed E-state index contributed by atoms with van der Waals surface area (Å²) in [5.41, 5.74) is 22.1. The molecule has 0 saturated heterocycles. The van der Waals surface area contributed by atoms with Crippen molar-refractivity contribution in [3.8, 4) is 0 Å². The van der Waals surface area contributed by atoms with E-state index in [0.29, 0.717) is 40.3 Å². The summed E-state index contributed by atoms with van der Waals surface area (Å²) in [6.07, 6.45) is 2.05. The van der Waals surface area contributed by atoms with E-state index >= 15 is 0 Å². The van der Waals surface area contributed by atoms with Crippen LogP contribution in [0.2, 0.25) is 0 Å². The highest BCUT2D eigenvalue weighted by atomic mass is 35.5. The Bertz CT molecular complexity index is 855. The predicted molar refractivity (Wildman–Crippen MR) is 122 cm³/mol. The van der Waals surface area contributed by atoms with Crippen LogP contribution in [0.3, 0.4) is 0 Å². The third-order valence-corrected chi connectivity index (χ3v) is 5.14. The van der Waals surface area contributed by atoms with E-state index in [4.69, 9.17) is 28.8 Å². The Kier molecular flexibility index (Phi) is 8.15. The van der Waals surface area contributed by atoms with Crippen molar-refractivity contribution < 1.29 is 0 Å². The van der Waals surface area contributed by atoms with Gasteiger partial charge in [-0.05, 0) is 23.5 Å². The molecule has 0 aliphatic rings. The van der Waals surface area contributed by atoms with Crippen LogP contribution in [0.5, 0.6) is 0 Å². The summed E-state index contributed by atoms with van der Waals surface area (Å²) >= 11 is 6.70. The number of nitrogens with two attached hydrogens (primary N) is 3. The van der Waals surface area contributed by atoms with Crippen molar-refractivity contribution in [1.82, 2.24) is 0 Å². The van der Waals surface area contributed by atoms with Crippen LogP contribution in [0.15, 0.2) is 76.3 Å². The van der Waals surface area contributed by atoms with E-state index in [1.807, 2.05) is 60.7 Å². The van der Waals surface area contributed by atoms with Gasteiger partial charge >= 0.3 is 0 Å². The molecular formula is C23H29ClN4. The second kappa shape index (κ2) is 10.6. The number of halogens is 1. The first-order chi connectivity index (χ1) is 13.5. The third kappa shape index (κ3) is 5.64. The monoisotopic (exact) mass is 396 g/mol. The molecule has 6 N–H and O–H groups in total. The van der Waals surface area contributed by atoms with Gasteiger partial charge in [0, 0.05) is 6.54 Å². The Morgan fingerprint density at radius 2 is 1.39 bits per heavy atom. The lowest BCUT2D eigenvalue weighted by molar-refractivity contribution is 0.525. The van der Waals surface area contributed by atoms with Crippen molar-refractivity contribution in [2.24, 2.45) is 28.1 Å². The minimum absolute atomic E-state index is 0.300. The molecule has 2 aromatic carbocycles. The number of nitrogens with zero attached hydrogens (tertiary/aromatic N) is 1. The van der Waals surface area contributed by atoms with Gasteiger partial charge in [-0.15, -0.1) is 0 Å². The predicted octanol–water partition coefficient (Wildman–Crippen LogP) is 4.72. The highest BCUT2D eigenvalue weighted by Crippen LogP contribution is 2.28. The van der Waals surface area contributed by atoms with Gasteiger partial charge in [-0.1, -0.05) is 92.5 Å². The van der Waals surface area contributed by atoms with Gasteiger partial charge in [0.05, 0.1) is 22.0 Å². The van der Waals surface area contributed by atoms with Gasteiger partial charge < -0.3 is 17.2 Å². The average molecular weight is 397 g/mol. The molecule has 0 fully saturated rings. The summed E-state index contributed by atoms with van der Waals surface area (Å²) in [4.78, 5) is 4.54. The minimum Gasteiger partial charge on any atom is -0.398 e. The van der Waals surface area contributed by atoms with Crippen molar-refractivity contribution >= 4 is 28.8 Å². The van der Waals surface area contributed by atoms with Crippen molar-refractivity contribution in [3.05, 3.63) is 82.4 Å². The summed E-state index contributed by atoms with van der Waals surface area (Å²) in [6, 6.07) is 19.1. The van der Waals surface area contributed by atoms with Crippen LogP contribution in [0.1, 0.15) is 37.8 Å². The van der Waals surface area contributed by atoms with Crippen LogP contribution in [0.4, 0.5) is 0 Å². The van der Waals surface area contributed by atoms with Gasteiger partial charge in [-0.3, -0.25) is 4.99 Å². The fourth-order valence-corrected chi connectivity index (χ4v) is 3.01. The first-order valence-corrected chi connectivity index (χ1v) is 9.90. The second-order valence-electron chi connectivity index (χ2n) is 6.82. The van der Waals surface area contributed by atoms with Crippen LogP contribution in [0, 0.1) is 5.92 Å². The van der Waals surface area contributed by atoms with E-state index in [1.165, 1.54) is 0 Å². The van der Waals surface area contributed by atoms with Crippen LogP contribution >= 0.6 is 11.6 Å². The van der Waals surface area contributed by atoms with E-state index in [9.17, 15) is 0 Å². The van der Waals surface area contributed by atoms with E-state index in [0.717, 1.165) is 24.0 Å². The molecule has 28 heavy (non-hydrogen) atoms. The standard InChI is InChI=1S/C23H29ClN4/c1-3-16(2)14-15-28-23(27)19(21(25)17-10-6-4-7-11-17)20(24)22(26)18-12-8-5-9-13-18/h4-13,16H,3,14-15,25-26H2,1-2H3,(H2,27,28)/b21-19?,22-20+. The smallest absolute Gasteiger partial charge is 0.129 e. The number of amidine groups is 1. The summed E-state index contributed by atoms with van der Waals surface area (Å²) in [7, 11) is 0. The summed E-state index contributed by atoms with van der Waals surface area (Å²) in [5.74, 6) is 0.879. The van der Waals surface area contributed by atoms with Crippen molar-refractivity contribution in [2.75, 3.05) is 6.54 Å². The highest BCUT2D eigenvalue weighted by Gasteiger charge is 2.18. The molecule has 0 amide bonds. The second-order valence-corrected chi connectivity index (χ2v) is 7.20. The molecule has 0 aliphatic carbocycles. The Hall–Kier alpha value is -2.72. The molecule has 2 rings (SSSR count). The molecular weight excluding hydrogens is 368 g/mol. The molecule has 0 heterocycles. The van der Waals surface area contributed by atoms with Gasteiger partial charge in [0.15, 0.2) is 0 Å². The molecule has 0 spiro atoms. The fraction of sp³-hybridized carbons (Fsp3) is 0.261. The summed E-state index contributed by atoms with van der Waals surface area (Å²) < 4.78 is 0. The lowest BCUT2D eigenvalue weighted by Gasteiger charge is -2.15. The Morgan fingerprint density at radius 3 is 1.89 bits per heavy atom. The molecule has 0 aliphatic heterocycles. The number of hydrogen-bond donors (Lipinski definition) is 3. The van der Waals surface area contributed by atoms with Gasteiger partial charge in [0.25, 0.3) is 0 Å². The number of aliphatic imine (C=N–C) groups is 1. The van der Waals surface area contributed by atoms with Crippen LogP contribution < -0.4 is 17.2 Å². The van der Waals surface area contributed by atoms with Gasteiger partial charge in [-0.2, -0.15) is 0 Å². The number of benzene rings is 2. The Morgan fingerprint density at radius 1 is 0.893 bits per heavy atom. The summed E-state index contributed by atoms with van der Waals surface area (Å²) in [5, 5.41) is 0.303. The van der Waals surface area contributed by atoms with Crippen molar-refractivity contribution in [2.45, 2.75) is 26.7 Å². The van der Waals surface area contributed by atoms with Crippen molar-refractivity contribution in [1.29, 1.82) is 0 Å². The van der Waals surface area contributed by atoms with E-state index in [-0.39, 0.29) is 0 Å².